The van der Waals surface area contributed by atoms with Crippen LogP contribution in [0.1, 0.15) is 12.8 Å². The van der Waals surface area contributed by atoms with E-state index in [4.69, 9.17) is 4.74 Å². The molecule has 0 radical (unpaired) electrons. The van der Waals surface area contributed by atoms with Gasteiger partial charge in [0.15, 0.2) is 0 Å². The van der Waals surface area contributed by atoms with Crippen LogP contribution < -0.4 is 15.0 Å². The Balaban J connectivity index is 1.50. The van der Waals surface area contributed by atoms with Crippen molar-refractivity contribution in [2.75, 3.05) is 78.0 Å². The first-order chi connectivity index (χ1) is 12.2. The number of piperazine rings is 1. The number of likely N-dealkylation sites (N-methyl/N-ethyl adjacent to an activating group) is 1. The maximum atomic E-state index is 6.04. The number of hydrogen-bond acceptors (Lipinski definition) is 5. The number of nitrogens with zero attached hydrogens (tertiary/aromatic N) is 3. The molecule has 5 heteroatoms. The van der Waals surface area contributed by atoms with E-state index in [0.717, 1.165) is 51.0 Å². The number of piperidine rings is 1. The minimum Gasteiger partial charge on any atom is -0.490 e. The van der Waals surface area contributed by atoms with Crippen LogP contribution in [0.5, 0.6) is 5.75 Å². The van der Waals surface area contributed by atoms with Crippen LogP contribution in [0.2, 0.25) is 0 Å². The van der Waals surface area contributed by atoms with Gasteiger partial charge in [0.05, 0.1) is 5.69 Å². The van der Waals surface area contributed by atoms with Crippen molar-refractivity contribution in [3.05, 3.63) is 24.3 Å². The summed E-state index contributed by atoms with van der Waals surface area (Å²) in [4.78, 5) is 7.28. The SMILES string of the molecule is CN(C)CCOc1ccccc1N1CCN(CC2CCCNC2)CC1. The molecule has 2 saturated heterocycles. The molecule has 0 amide bonds. The van der Waals surface area contributed by atoms with Gasteiger partial charge >= 0.3 is 0 Å². The maximum Gasteiger partial charge on any atom is 0.142 e. The molecule has 140 valence electrons. The first kappa shape index (κ1) is 18.5. The van der Waals surface area contributed by atoms with E-state index in [1.807, 2.05) is 0 Å². The number of benzene rings is 1. The summed E-state index contributed by atoms with van der Waals surface area (Å²) in [5.41, 5.74) is 1.25. The Morgan fingerprint density at radius 3 is 2.68 bits per heavy atom. The predicted molar refractivity (Wildman–Crippen MR) is 105 cm³/mol. The lowest BCUT2D eigenvalue weighted by atomic mass is 9.99. The fraction of sp³-hybridized carbons (Fsp3) is 0.700. The van der Waals surface area contributed by atoms with Crippen molar-refractivity contribution in [2.45, 2.75) is 12.8 Å². The van der Waals surface area contributed by atoms with Crippen LogP contribution in [0.25, 0.3) is 0 Å². The van der Waals surface area contributed by atoms with Gasteiger partial charge in [-0.2, -0.15) is 0 Å². The summed E-state index contributed by atoms with van der Waals surface area (Å²) in [5.74, 6) is 1.86. The van der Waals surface area contributed by atoms with Crippen molar-refractivity contribution in [2.24, 2.45) is 5.92 Å². The summed E-state index contributed by atoms with van der Waals surface area (Å²) >= 11 is 0. The molecule has 0 aromatic heterocycles. The average Bonchev–Trinajstić information content (AvgIpc) is 2.63. The molecule has 3 rings (SSSR count). The lowest BCUT2D eigenvalue weighted by Crippen LogP contribution is -2.49. The van der Waals surface area contributed by atoms with Crippen LogP contribution in [0.15, 0.2) is 24.3 Å². The van der Waals surface area contributed by atoms with E-state index in [0.29, 0.717) is 0 Å². The largest absolute Gasteiger partial charge is 0.490 e. The van der Waals surface area contributed by atoms with Crippen LogP contribution in [0, 0.1) is 5.92 Å². The number of anilines is 1. The number of ether oxygens (including phenoxy) is 1. The van der Waals surface area contributed by atoms with Gasteiger partial charge in [0.25, 0.3) is 0 Å². The van der Waals surface area contributed by atoms with E-state index in [9.17, 15) is 0 Å². The van der Waals surface area contributed by atoms with E-state index in [1.54, 1.807) is 0 Å². The number of nitrogens with one attached hydrogen (secondary N) is 1. The molecule has 2 aliphatic heterocycles. The molecule has 5 nitrogen and oxygen atoms in total. The molecule has 1 unspecified atom stereocenters. The molecule has 1 atom stereocenters. The summed E-state index contributed by atoms with van der Waals surface area (Å²) in [5, 5.41) is 3.54. The lowest BCUT2D eigenvalue weighted by molar-refractivity contribution is 0.198. The summed E-state index contributed by atoms with van der Waals surface area (Å²) < 4.78 is 6.04. The first-order valence-electron chi connectivity index (χ1n) is 9.77. The molecular weight excluding hydrogens is 312 g/mol. The molecule has 2 fully saturated rings. The zero-order chi connectivity index (χ0) is 17.5. The van der Waals surface area contributed by atoms with Crippen LogP contribution in [-0.4, -0.2) is 82.9 Å². The molecule has 2 heterocycles. The standard InChI is InChI=1S/C20H34N4O/c1-22(2)14-15-25-20-8-4-3-7-19(20)24-12-10-23(11-13-24)17-18-6-5-9-21-16-18/h3-4,7-8,18,21H,5-6,9-17H2,1-2H3. The van der Waals surface area contributed by atoms with E-state index in [2.05, 4.69) is 58.4 Å². The van der Waals surface area contributed by atoms with Crippen molar-refractivity contribution < 1.29 is 4.74 Å². The Hall–Kier alpha value is -1.30. The van der Waals surface area contributed by atoms with Gasteiger partial charge in [-0.1, -0.05) is 12.1 Å². The Morgan fingerprint density at radius 2 is 1.96 bits per heavy atom. The fourth-order valence-electron chi connectivity index (χ4n) is 3.79. The van der Waals surface area contributed by atoms with Gasteiger partial charge in [-0.15, -0.1) is 0 Å². The van der Waals surface area contributed by atoms with E-state index in [-0.39, 0.29) is 0 Å². The smallest absolute Gasteiger partial charge is 0.142 e. The minimum atomic E-state index is 0.735. The van der Waals surface area contributed by atoms with Crippen molar-refractivity contribution in [1.82, 2.24) is 15.1 Å². The predicted octanol–water partition coefficient (Wildman–Crippen LogP) is 1.75. The highest BCUT2D eigenvalue weighted by molar-refractivity contribution is 5.58. The Morgan fingerprint density at radius 1 is 1.16 bits per heavy atom. The minimum absolute atomic E-state index is 0.735. The Kier molecular flexibility index (Phi) is 6.96. The Bertz CT molecular complexity index is 508. The average molecular weight is 347 g/mol. The number of para-hydroxylation sites is 2. The van der Waals surface area contributed by atoms with Crippen LogP contribution in [-0.2, 0) is 0 Å². The van der Waals surface area contributed by atoms with Crippen LogP contribution in [0.4, 0.5) is 5.69 Å². The maximum absolute atomic E-state index is 6.04. The molecule has 1 aromatic rings. The van der Waals surface area contributed by atoms with E-state index < -0.39 is 0 Å². The van der Waals surface area contributed by atoms with Crippen molar-refractivity contribution in [3.63, 3.8) is 0 Å². The second-order valence-electron chi connectivity index (χ2n) is 7.62. The fourth-order valence-corrected chi connectivity index (χ4v) is 3.79. The molecule has 0 spiro atoms. The van der Waals surface area contributed by atoms with Gasteiger partial charge in [0, 0.05) is 39.3 Å². The third-order valence-corrected chi connectivity index (χ3v) is 5.29. The van der Waals surface area contributed by atoms with Gasteiger partial charge in [0.2, 0.25) is 0 Å². The summed E-state index contributed by atoms with van der Waals surface area (Å²) in [6.45, 7) is 9.82. The third kappa shape index (κ3) is 5.59. The number of rotatable bonds is 7. The second-order valence-corrected chi connectivity index (χ2v) is 7.62. The second kappa shape index (κ2) is 9.41. The first-order valence-corrected chi connectivity index (χ1v) is 9.77. The van der Waals surface area contributed by atoms with Crippen molar-refractivity contribution in [3.8, 4) is 5.75 Å². The van der Waals surface area contributed by atoms with Crippen LogP contribution >= 0.6 is 0 Å². The highest BCUT2D eigenvalue weighted by Crippen LogP contribution is 2.29. The zero-order valence-electron chi connectivity index (χ0n) is 15.9. The van der Waals surface area contributed by atoms with Crippen molar-refractivity contribution >= 4 is 5.69 Å². The molecular formula is C20H34N4O. The molecule has 0 saturated carbocycles. The Labute approximate surface area is 152 Å². The molecule has 2 aliphatic rings. The van der Waals surface area contributed by atoms with E-state index >= 15 is 0 Å². The number of hydrogen-bond donors (Lipinski definition) is 1. The molecule has 25 heavy (non-hydrogen) atoms. The van der Waals surface area contributed by atoms with E-state index in [1.165, 1.54) is 38.2 Å². The third-order valence-electron chi connectivity index (χ3n) is 5.29. The molecule has 1 N–H and O–H groups in total. The van der Waals surface area contributed by atoms with Crippen LogP contribution in [0.3, 0.4) is 0 Å². The topological polar surface area (TPSA) is 31.0 Å². The molecule has 0 aliphatic carbocycles. The molecule has 1 aromatic carbocycles. The monoisotopic (exact) mass is 346 g/mol. The summed E-state index contributed by atoms with van der Waals surface area (Å²) in [6, 6.07) is 8.49. The van der Waals surface area contributed by atoms with Gasteiger partial charge in [0.1, 0.15) is 12.4 Å². The lowest BCUT2D eigenvalue weighted by Gasteiger charge is -2.38. The van der Waals surface area contributed by atoms with Gasteiger partial charge in [-0.3, -0.25) is 4.90 Å². The molecule has 0 bridgehead atoms. The summed E-state index contributed by atoms with van der Waals surface area (Å²) in [6.07, 6.45) is 2.72. The van der Waals surface area contributed by atoms with Gasteiger partial charge < -0.3 is 19.9 Å². The quantitative estimate of drug-likeness (QED) is 0.813. The zero-order valence-corrected chi connectivity index (χ0v) is 15.9. The van der Waals surface area contributed by atoms with Gasteiger partial charge in [-0.05, 0) is 58.1 Å². The highest BCUT2D eigenvalue weighted by atomic mass is 16.5. The highest BCUT2D eigenvalue weighted by Gasteiger charge is 2.22. The normalized spacial score (nSPS) is 22.4. The van der Waals surface area contributed by atoms with Gasteiger partial charge in [-0.25, -0.2) is 0 Å². The summed E-state index contributed by atoms with van der Waals surface area (Å²) in [7, 11) is 4.16. The van der Waals surface area contributed by atoms with Crippen molar-refractivity contribution in [1.29, 1.82) is 0 Å².